The van der Waals surface area contributed by atoms with Gasteiger partial charge in [0.15, 0.2) is 0 Å². The molecule has 20 heavy (non-hydrogen) atoms. The van der Waals surface area contributed by atoms with Crippen LogP contribution in [0, 0.1) is 6.92 Å². The zero-order chi connectivity index (χ0) is 14.0. The Morgan fingerprint density at radius 1 is 1.30 bits per heavy atom. The van der Waals surface area contributed by atoms with Crippen molar-refractivity contribution in [1.29, 1.82) is 0 Å². The molecule has 1 unspecified atom stereocenters. The fourth-order valence-corrected chi connectivity index (χ4v) is 2.61. The van der Waals surface area contributed by atoms with Crippen LogP contribution >= 0.6 is 0 Å². The molecule has 2 N–H and O–H groups in total. The second-order valence-electron chi connectivity index (χ2n) is 5.68. The summed E-state index contributed by atoms with van der Waals surface area (Å²) in [4.78, 5) is 0. The largest absolute Gasteiger partial charge is 0.394 e. The number of hydrogen-bond acceptors (Lipinski definition) is 3. The summed E-state index contributed by atoms with van der Waals surface area (Å²) >= 11 is 0. The van der Waals surface area contributed by atoms with Gasteiger partial charge in [-0.3, -0.25) is 4.68 Å². The molecule has 1 saturated carbocycles. The highest BCUT2D eigenvalue weighted by atomic mass is 16.3. The van der Waals surface area contributed by atoms with Crippen molar-refractivity contribution in [3.63, 3.8) is 0 Å². The van der Waals surface area contributed by atoms with Crippen LogP contribution in [0.25, 0.3) is 0 Å². The summed E-state index contributed by atoms with van der Waals surface area (Å²) in [5, 5.41) is 18.2. The number of aryl methyl sites for hydroxylation is 1. The van der Waals surface area contributed by atoms with E-state index >= 15 is 0 Å². The molecular formula is C16H21N3O. The maximum absolute atomic E-state index is 10.1. The Morgan fingerprint density at radius 3 is 2.60 bits per heavy atom. The summed E-state index contributed by atoms with van der Waals surface area (Å²) < 4.78 is 1.91. The van der Waals surface area contributed by atoms with Crippen molar-refractivity contribution in [2.75, 3.05) is 6.61 Å². The van der Waals surface area contributed by atoms with Crippen molar-refractivity contribution >= 4 is 0 Å². The van der Waals surface area contributed by atoms with Crippen LogP contribution in [0.3, 0.4) is 0 Å². The van der Waals surface area contributed by atoms with Crippen LogP contribution in [-0.2, 0) is 12.1 Å². The summed E-state index contributed by atoms with van der Waals surface area (Å²) in [5.74, 6) is 0. The summed E-state index contributed by atoms with van der Waals surface area (Å²) in [6.07, 6.45) is 4.34. The van der Waals surface area contributed by atoms with Gasteiger partial charge in [-0.15, -0.1) is 0 Å². The standard InChI is InChI=1S/C16H21N3O/c1-13-9-10-19(18-13)11-16(12-20,17-15-7-8-15)14-5-3-2-4-6-14/h2-6,9-10,15,17,20H,7-8,11-12H2,1H3. The number of benzene rings is 1. The maximum Gasteiger partial charge on any atom is 0.0869 e. The van der Waals surface area contributed by atoms with E-state index in [0.29, 0.717) is 12.6 Å². The van der Waals surface area contributed by atoms with E-state index in [4.69, 9.17) is 0 Å². The number of hydrogen-bond donors (Lipinski definition) is 2. The second kappa shape index (κ2) is 5.38. The Balaban J connectivity index is 1.92. The predicted molar refractivity (Wildman–Crippen MR) is 78.3 cm³/mol. The maximum atomic E-state index is 10.1. The molecule has 4 heteroatoms. The Morgan fingerprint density at radius 2 is 2.05 bits per heavy atom. The van der Waals surface area contributed by atoms with Gasteiger partial charge < -0.3 is 10.4 Å². The quantitative estimate of drug-likeness (QED) is 0.843. The summed E-state index contributed by atoms with van der Waals surface area (Å²) in [6, 6.07) is 12.7. The van der Waals surface area contributed by atoms with Crippen molar-refractivity contribution in [1.82, 2.24) is 15.1 Å². The fourth-order valence-electron chi connectivity index (χ4n) is 2.61. The van der Waals surface area contributed by atoms with Crippen molar-refractivity contribution in [2.45, 2.75) is 37.9 Å². The van der Waals surface area contributed by atoms with Gasteiger partial charge in [0.25, 0.3) is 0 Å². The molecule has 0 radical (unpaired) electrons. The lowest BCUT2D eigenvalue weighted by Gasteiger charge is -2.34. The number of nitrogens with one attached hydrogen (secondary N) is 1. The topological polar surface area (TPSA) is 50.1 Å². The molecule has 106 valence electrons. The van der Waals surface area contributed by atoms with Gasteiger partial charge in [-0.1, -0.05) is 30.3 Å². The number of nitrogens with zero attached hydrogens (tertiary/aromatic N) is 2. The lowest BCUT2D eigenvalue weighted by Crippen LogP contribution is -2.50. The first-order valence-electron chi connectivity index (χ1n) is 7.16. The predicted octanol–water partition coefficient (Wildman–Crippen LogP) is 1.83. The number of aliphatic hydroxyl groups is 1. The highest BCUT2D eigenvalue weighted by Crippen LogP contribution is 2.30. The number of rotatable bonds is 6. The van der Waals surface area contributed by atoms with Crippen molar-refractivity contribution in [2.24, 2.45) is 0 Å². The van der Waals surface area contributed by atoms with E-state index in [1.54, 1.807) is 0 Å². The fraction of sp³-hybridized carbons (Fsp3) is 0.438. The third-order valence-corrected chi connectivity index (χ3v) is 3.86. The highest BCUT2D eigenvalue weighted by Gasteiger charge is 2.37. The van der Waals surface area contributed by atoms with Crippen LogP contribution in [0.15, 0.2) is 42.6 Å². The van der Waals surface area contributed by atoms with Crippen molar-refractivity contribution in [3.8, 4) is 0 Å². The molecule has 1 heterocycles. The lowest BCUT2D eigenvalue weighted by atomic mass is 9.90. The van der Waals surface area contributed by atoms with Crippen LogP contribution in [0.1, 0.15) is 24.1 Å². The van der Waals surface area contributed by atoms with Crippen LogP contribution < -0.4 is 5.32 Å². The van der Waals surface area contributed by atoms with E-state index in [0.717, 1.165) is 11.3 Å². The molecule has 3 rings (SSSR count). The average molecular weight is 271 g/mol. The van der Waals surface area contributed by atoms with Gasteiger partial charge in [0, 0.05) is 12.2 Å². The molecule has 1 aliphatic carbocycles. The average Bonchev–Trinajstić information content (AvgIpc) is 3.20. The van der Waals surface area contributed by atoms with Crippen molar-refractivity contribution in [3.05, 3.63) is 53.9 Å². The SMILES string of the molecule is Cc1ccn(CC(CO)(NC2CC2)c2ccccc2)n1. The van der Waals surface area contributed by atoms with Gasteiger partial charge in [-0.05, 0) is 31.4 Å². The first-order chi connectivity index (χ1) is 9.72. The van der Waals surface area contributed by atoms with E-state index in [2.05, 4.69) is 22.5 Å². The Hall–Kier alpha value is -1.65. The van der Waals surface area contributed by atoms with Gasteiger partial charge in [0.2, 0.25) is 0 Å². The molecule has 0 spiro atoms. The molecule has 1 fully saturated rings. The molecule has 4 nitrogen and oxygen atoms in total. The summed E-state index contributed by atoms with van der Waals surface area (Å²) in [6.45, 7) is 2.68. The smallest absolute Gasteiger partial charge is 0.0869 e. The van der Waals surface area contributed by atoms with Gasteiger partial charge in [0.1, 0.15) is 0 Å². The number of aromatic nitrogens is 2. The zero-order valence-electron chi connectivity index (χ0n) is 11.8. The van der Waals surface area contributed by atoms with Gasteiger partial charge in [-0.25, -0.2) is 0 Å². The minimum absolute atomic E-state index is 0.0619. The zero-order valence-corrected chi connectivity index (χ0v) is 11.8. The molecule has 1 atom stereocenters. The second-order valence-corrected chi connectivity index (χ2v) is 5.68. The normalized spacial score (nSPS) is 17.9. The Bertz CT molecular complexity index is 562. The van der Waals surface area contributed by atoms with Gasteiger partial charge in [-0.2, -0.15) is 5.10 Å². The number of aliphatic hydroxyl groups excluding tert-OH is 1. The summed E-state index contributed by atoms with van der Waals surface area (Å²) in [5.41, 5.74) is 1.65. The molecular weight excluding hydrogens is 250 g/mol. The Kier molecular flexibility index (Phi) is 3.59. The van der Waals surface area contributed by atoms with E-state index in [-0.39, 0.29) is 6.61 Å². The van der Waals surface area contributed by atoms with Crippen LogP contribution in [0.2, 0.25) is 0 Å². The van der Waals surface area contributed by atoms with Gasteiger partial charge >= 0.3 is 0 Å². The molecule has 0 saturated heterocycles. The van der Waals surface area contributed by atoms with E-state index < -0.39 is 5.54 Å². The van der Waals surface area contributed by atoms with Crippen LogP contribution in [-0.4, -0.2) is 27.5 Å². The monoisotopic (exact) mass is 271 g/mol. The van der Waals surface area contributed by atoms with E-state index in [1.165, 1.54) is 12.8 Å². The molecule has 1 aromatic heterocycles. The van der Waals surface area contributed by atoms with Gasteiger partial charge in [0.05, 0.1) is 24.4 Å². The molecule has 0 aliphatic heterocycles. The minimum atomic E-state index is -0.457. The highest BCUT2D eigenvalue weighted by molar-refractivity contribution is 5.25. The minimum Gasteiger partial charge on any atom is -0.394 e. The molecule has 0 amide bonds. The Labute approximate surface area is 119 Å². The first kappa shape index (κ1) is 13.3. The molecule has 2 aromatic rings. The molecule has 1 aliphatic rings. The third-order valence-electron chi connectivity index (χ3n) is 3.86. The third kappa shape index (κ3) is 2.76. The lowest BCUT2D eigenvalue weighted by molar-refractivity contribution is 0.135. The molecule has 0 bridgehead atoms. The van der Waals surface area contributed by atoms with Crippen LogP contribution in [0.4, 0.5) is 0 Å². The first-order valence-corrected chi connectivity index (χ1v) is 7.16. The summed E-state index contributed by atoms with van der Waals surface area (Å²) in [7, 11) is 0. The molecule has 1 aromatic carbocycles. The van der Waals surface area contributed by atoms with Crippen molar-refractivity contribution < 1.29 is 5.11 Å². The van der Waals surface area contributed by atoms with Crippen LogP contribution in [0.5, 0.6) is 0 Å². The van der Waals surface area contributed by atoms with E-state index in [1.807, 2.05) is 42.1 Å². The van der Waals surface area contributed by atoms with E-state index in [9.17, 15) is 5.11 Å².